The maximum atomic E-state index is 12.8. The first-order valence-electron chi connectivity index (χ1n) is 8.09. The maximum absolute atomic E-state index is 12.8. The molecule has 2 aromatic carbocycles. The predicted octanol–water partition coefficient (Wildman–Crippen LogP) is 3.41. The molecule has 1 aliphatic heterocycles. The highest BCUT2D eigenvalue weighted by Crippen LogP contribution is 2.32. The fraction of sp³-hybridized carbons (Fsp3) is 0.278. The van der Waals surface area contributed by atoms with Crippen molar-refractivity contribution in [1.29, 1.82) is 0 Å². The summed E-state index contributed by atoms with van der Waals surface area (Å²) in [6.45, 7) is 0. The van der Waals surface area contributed by atoms with Crippen LogP contribution in [0.1, 0.15) is 22.3 Å². The van der Waals surface area contributed by atoms with E-state index in [0.717, 1.165) is 12.1 Å². The molecule has 1 saturated heterocycles. The highest BCUT2D eigenvalue weighted by molar-refractivity contribution is 7.91. The molecule has 0 spiro atoms. The van der Waals surface area contributed by atoms with E-state index < -0.39 is 33.5 Å². The third kappa shape index (κ3) is 5.00. The average molecular weight is 399 g/mol. The zero-order valence-electron chi connectivity index (χ0n) is 14.0. The van der Waals surface area contributed by atoms with Crippen molar-refractivity contribution in [1.82, 2.24) is 5.32 Å². The van der Waals surface area contributed by atoms with Crippen LogP contribution in [-0.2, 0) is 16.0 Å². The van der Waals surface area contributed by atoms with Gasteiger partial charge >= 0.3 is 6.18 Å². The van der Waals surface area contributed by atoms with E-state index in [0.29, 0.717) is 6.42 Å². The van der Waals surface area contributed by atoms with E-state index in [2.05, 4.69) is 5.32 Å². The lowest BCUT2D eigenvalue weighted by atomic mass is 10.1. The lowest BCUT2D eigenvalue weighted by molar-refractivity contribution is -0.137. The van der Waals surface area contributed by atoms with E-state index in [1.807, 2.05) is 0 Å². The first kappa shape index (κ1) is 19.2. The fourth-order valence-electron chi connectivity index (χ4n) is 2.75. The van der Waals surface area contributed by atoms with E-state index in [-0.39, 0.29) is 28.6 Å². The number of alkyl halides is 3. The van der Waals surface area contributed by atoms with Crippen LogP contribution >= 0.6 is 0 Å². The molecule has 144 valence electrons. The number of amides is 1. The number of halogens is 3. The second kappa shape index (κ2) is 7.22. The predicted molar refractivity (Wildman–Crippen MR) is 92.5 cm³/mol. The fourth-order valence-corrected chi connectivity index (χ4v) is 4.42. The largest absolute Gasteiger partial charge is 0.457 e. The number of carbonyl (C=O) groups is 1. The average Bonchev–Trinajstić information content (AvgIpc) is 2.93. The molecule has 0 bridgehead atoms. The minimum Gasteiger partial charge on any atom is -0.457 e. The maximum Gasteiger partial charge on any atom is 0.416 e. The van der Waals surface area contributed by atoms with Gasteiger partial charge in [-0.25, -0.2) is 8.42 Å². The molecule has 3 rings (SSSR count). The van der Waals surface area contributed by atoms with Crippen LogP contribution in [0.5, 0.6) is 11.5 Å². The molecule has 0 saturated carbocycles. The van der Waals surface area contributed by atoms with Crippen LogP contribution < -0.4 is 10.1 Å². The molecular weight excluding hydrogens is 383 g/mol. The topological polar surface area (TPSA) is 72.5 Å². The Morgan fingerprint density at radius 2 is 1.74 bits per heavy atom. The van der Waals surface area contributed by atoms with E-state index in [1.165, 1.54) is 36.4 Å². The van der Waals surface area contributed by atoms with Gasteiger partial charge in [0, 0.05) is 11.6 Å². The van der Waals surface area contributed by atoms with Crippen molar-refractivity contribution in [3.05, 3.63) is 59.7 Å². The number of sulfone groups is 1. The minimum absolute atomic E-state index is 0.00994. The Balaban J connectivity index is 1.71. The summed E-state index contributed by atoms with van der Waals surface area (Å²) < 4.78 is 66.7. The van der Waals surface area contributed by atoms with E-state index in [1.54, 1.807) is 0 Å². The molecule has 1 heterocycles. The summed E-state index contributed by atoms with van der Waals surface area (Å²) in [7, 11) is -3.12. The van der Waals surface area contributed by atoms with Gasteiger partial charge in [-0.2, -0.15) is 13.2 Å². The number of rotatable bonds is 4. The Morgan fingerprint density at radius 1 is 1.07 bits per heavy atom. The second-order valence-electron chi connectivity index (χ2n) is 6.23. The summed E-state index contributed by atoms with van der Waals surface area (Å²) in [4.78, 5) is 12.3. The van der Waals surface area contributed by atoms with Gasteiger partial charge in [0.15, 0.2) is 9.84 Å². The van der Waals surface area contributed by atoms with Crippen molar-refractivity contribution >= 4 is 15.7 Å². The Morgan fingerprint density at radius 3 is 2.37 bits per heavy atom. The van der Waals surface area contributed by atoms with Crippen molar-refractivity contribution in [3.8, 4) is 11.5 Å². The van der Waals surface area contributed by atoms with Gasteiger partial charge in [0.05, 0.1) is 17.1 Å². The van der Waals surface area contributed by atoms with Gasteiger partial charge in [-0.3, -0.25) is 4.79 Å². The van der Waals surface area contributed by atoms with Crippen LogP contribution in [0.2, 0.25) is 0 Å². The number of carbonyl (C=O) groups excluding carboxylic acids is 1. The molecular formula is C18H16F3NO4S. The van der Waals surface area contributed by atoms with E-state index in [4.69, 9.17) is 4.74 Å². The molecule has 0 aliphatic carbocycles. The molecule has 0 unspecified atom stereocenters. The van der Waals surface area contributed by atoms with Crippen LogP contribution in [0.15, 0.2) is 48.5 Å². The van der Waals surface area contributed by atoms with Crippen LogP contribution in [0.4, 0.5) is 13.2 Å². The van der Waals surface area contributed by atoms with Crippen molar-refractivity contribution in [2.24, 2.45) is 0 Å². The zero-order chi connectivity index (χ0) is 19.7. The Labute approximate surface area is 154 Å². The van der Waals surface area contributed by atoms with Crippen LogP contribution in [0.25, 0.3) is 0 Å². The van der Waals surface area contributed by atoms with Crippen molar-refractivity contribution in [2.75, 3.05) is 11.5 Å². The molecule has 27 heavy (non-hydrogen) atoms. The van der Waals surface area contributed by atoms with Crippen LogP contribution in [0, 0.1) is 0 Å². The molecule has 1 N–H and O–H groups in total. The monoisotopic (exact) mass is 399 g/mol. The summed E-state index contributed by atoms with van der Waals surface area (Å²) >= 11 is 0. The molecule has 1 aliphatic rings. The third-order valence-corrected chi connectivity index (χ3v) is 5.83. The Kier molecular flexibility index (Phi) is 5.14. The molecule has 2 aromatic rings. The summed E-state index contributed by atoms with van der Waals surface area (Å²) in [5.74, 6) is -0.340. The van der Waals surface area contributed by atoms with Crippen molar-refractivity contribution in [3.63, 3.8) is 0 Å². The Bertz CT molecular complexity index is 957. The minimum atomic E-state index is -4.48. The number of hydrogen-bond donors (Lipinski definition) is 1. The number of hydrogen-bond acceptors (Lipinski definition) is 4. The molecule has 5 nitrogen and oxygen atoms in total. The van der Waals surface area contributed by atoms with Gasteiger partial charge in [-0.05, 0) is 42.8 Å². The summed E-state index contributed by atoms with van der Waals surface area (Å²) in [5, 5.41) is 2.65. The first-order chi connectivity index (χ1) is 12.6. The van der Waals surface area contributed by atoms with Crippen LogP contribution in [0.3, 0.4) is 0 Å². The van der Waals surface area contributed by atoms with Gasteiger partial charge in [0.25, 0.3) is 5.91 Å². The van der Waals surface area contributed by atoms with Crippen LogP contribution in [-0.4, -0.2) is 31.9 Å². The SMILES string of the molecule is O=C(N[C@@H]1CCS(=O)(=O)C1)c1cccc(Oc2cccc(C(F)(F)F)c2)c1. The number of nitrogens with one attached hydrogen (secondary N) is 1. The van der Waals surface area contributed by atoms with Gasteiger partial charge in [0.2, 0.25) is 0 Å². The quantitative estimate of drug-likeness (QED) is 0.855. The molecule has 1 atom stereocenters. The highest BCUT2D eigenvalue weighted by atomic mass is 32.2. The highest BCUT2D eigenvalue weighted by Gasteiger charge is 2.31. The van der Waals surface area contributed by atoms with Crippen molar-refractivity contribution < 1.29 is 31.1 Å². The molecule has 0 radical (unpaired) electrons. The second-order valence-corrected chi connectivity index (χ2v) is 8.46. The first-order valence-corrected chi connectivity index (χ1v) is 9.91. The number of benzene rings is 2. The zero-order valence-corrected chi connectivity index (χ0v) is 14.8. The molecule has 9 heteroatoms. The van der Waals surface area contributed by atoms with E-state index in [9.17, 15) is 26.4 Å². The Hall–Kier alpha value is -2.55. The third-order valence-electron chi connectivity index (χ3n) is 4.06. The van der Waals surface area contributed by atoms with Gasteiger partial charge in [-0.15, -0.1) is 0 Å². The van der Waals surface area contributed by atoms with E-state index >= 15 is 0 Å². The lowest BCUT2D eigenvalue weighted by Gasteiger charge is -2.12. The van der Waals surface area contributed by atoms with Gasteiger partial charge < -0.3 is 10.1 Å². The molecule has 0 aromatic heterocycles. The van der Waals surface area contributed by atoms with Crippen molar-refractivity contribution in [2.45, 2.75) is 18.6 Å². The summed E-state index contributed by atoms with van der Waals surface area (Å²) in [6, 6.07) is 9.91. The van der Waals surface area contributed by atoms with Gasteiger partial charge in [-0.1, -0.05) is 12.1 Å². The van der Waals surface area contributed by atoms with Gasteiger partial charge in [0.1, 0.15) is 11.5 Å². The number of ether oxygens (including phenoxy) is 1. The normalized spacial score (nSPS) is 18.9. The molecule has 1 fully saturated rings. The standard InChI is InChI=1S/C18H16F3NO4S/c19-18(20,21)13-4-2-6-16(10-13)26-15-5-1-3-12(9-15)17(23)22-14-7-8-27(24,25)11-14/h1-6,9-10,14H,7-8,11H2,(H,22,23)/t14-/m1/s1. The summed E-state index contributed by atoms with van der Waals surface area (Å²) in [5.41, 5.74) is -0.611. The molecule has 1 amide bonds. The lowest BCUT2D eigenvalue weighted by Crippen LogP contribution is -2.35. The smallest absolute Gasteiger partial charge is 0.416 e. The summed E-state index contributed by atoms with van der Waals surface area (Å²) in [6.07, 6.45) is -4.13.